The Morgan fingerprint density at radius 2 is 1.92 bits per heavy atom. The van der Waals surface area contributed by atoms with E-state index in [1.54, 1.807) is 23.5 Å². The van der Waals surface area contributed by atoms with Crippen LogP contribution in [0.3, 0.4) is 0 Å². The molecule has 1 fully saturated rings. The molecule has 0 saturated carbocycles. The van der Waals surface area contributed by atoms with Gasteiger partial charge in [0.25, 0.3) is 5.91 Å². The fourth-order valence-electron chi connectivity index (χ4n) is 1.91. The zero-order valence-electron chi connectivity index (χ0n) is 13.2. The molecular weight excluding hydrogens is 374 g/mol. The SMILES string of the molecule is COc1nsc(OC)c1C(=O)NCC(O)CNC(=O)C1SCCS1. The molecule has 134 valence electrons. The number of methoxy groups -OCH3 is 2. The fourth-order valence-corrected chi connectivity index (χ4v) is 5.22. The third-order valence-electron chi connectivity index (χ3n) is 3.08. The maximum absolute atomic E-state index is 12.2. The smallest absolute Gasteiger partial charge is 0.261 e. The Morgan fingerprint density at radius 1 is 1.25 bits per heavy atom. The van der Waals surface area contributed by atoms with Crippen LogP contribution in [0.15, 0.2) is 0 Å². The molecule has 3 N–H and O–H groups in total. The number of aliphatic hydroxyl groups excluding tert-OH is 1. The maximum Gasteiger partial charge on any atom is 0.261 e. The lowest BCUT2D eigenvalue weighted by Crippen LogP contribution is -2.41. The van der Waals surface area contributed by atoms with Crippen LogP contribution in [0.1, 0.15) is 10.4 Å². The van der Waals surface area contributed by atoms with Crippen LogP contribution in [0, 0.1) is 0 Å². The third kappa shape index (κ3) is 4.91. The van der Waals surface area contributed by atoms with Gasteiger partial charge < -0.3 is 25.2 Å². The highest BCUT2D eigenvalue weighted by molar-refractivity contribution is 8.21. The van der Waals surface area contributed by atoms with Crippen molar-refractivity contribution in [3.8, 4) is 10.9 Å². The Hall–Kier alpha value is -1.17. The van der Waals surface area contributed by atoms with Gasteiger partial charge >= 0.3 is 0 Å². The summed E-state index contributed by atoms with van der Waals surface area (Å²) in [4.78, 5) is 24.1. The van der Waals surface area contributed by atoms with Crippen molar-refractivity contribution in [3.63, 3.8) is 0 Å². The van der Waals surface area contributed by atoms with Gasteiger partial charge in [-0.2, -0.15) is 4.37 Å². The van der Waals surface area contributed by atoms with Gasteiger partial charge in [0.1, 0.15) is 4.58 Å². The summed E-state index contributed by atoms with van der Waals surface area (Å²) in [6.07, 6.45) is -0.891. The van der Waals surface area contributed by atoms with Crippen LogP contribution in [-0.2, 0) is 4.79 Å². The van der Waals surface area contributed by atoms with Gasteiger partial charge in [0.05, 0.1) is 20.3 Å². The highest BCUT2D eigenvalue weighted by Crippen LogP contribution is 2.32. The average molecular weight is 394 g/mol. The second-order valence-electron chi connectivity index (χ2n) is 4.74. The number of nitrogens with zero attached hydrogens (tertiary/aromatic N) is 1. The normalized spacial score (nSPS) is 15.8. The van der Waals surface area contributed by atoms with Crippen LogP contribution in [-0.4, -0.2) is 70.8 Å². The van der Waals surface area contributed by atoms with Crippen LogP contribution in [0.5, 0.6) is 10.9 Å². The van der Waals surface area contributed by atoms with Gasteiger partial charge in [0.2, 0.25) is 16.9 Å². The molecule has 2 rings (SSSR count). The molecule has 1 aromatic rings. The monoisotopic (exact) mass is 393 g/mol. The van der Waals surface area contributed by atoms with Gasteiger partial charge in [-0.15, -0.1) is 23.5 Å². The fraction of sp³-hybridized carbons (Fsp3) is 0.615. The lowest BCUT2D eigenvalue weighted by molar-refractivity contribution is -0.119. The molecule has 0 radical (unpaired) electrons. The van der Waals surface area contributed by atoms with Crippen LogP contribution in [0.4, 0.5) is 0 Å². The molecule has 0 spiro atoms. The summed E-state index contributed by atoms with van der Waals surface area (Å²) in [5.41, 5.74) is 0.194. The molecule has 2 amide bonds. The van der Waals surface area contributed by atoms with E-state index in [0.717, 1.165) is 23.0 Å². The van der Waals surface area contributed by atoms with E-state index in [0.29, 0.717) is 5.06 Å². The Balaban J connectivity index is 1.78. The molecule has 1 aliphatic rings. The minimum absolute atomic E-state index is 0.00772. The van der Waals surface area contributed by atoms with Gasteiger partial charge in [0, 0.05) is 36.1 Å². The molecule has 0 aromatic carbocycles. The summed E-state index contributed by atoms with van der Waals surface area (Å²) in [5, 5.41) is 15.5. The van der Waals surface area contributed by atoms with Gasteiger partial charge in [-0.25, -0.2) is 0 Å². The van der Waals surface area contributed by atoms with Crippen molar-refractivity contribution >= 4 is 46.9 Å². The maximum atomic E-state index is 12.2. The van der Waals surface area contributed by atoms with E-state index in [1.807, 2.05) is 0 Å². The van der Waals surface area contributed by atoms with Crippen LogP contribution < -0.4 is 20.1 Å². The first-order valence-electron chi connectivity index (χ1n) is 7.11. The molecule has 0 bridgehead atoms. The summed E-state index contributed by atoms with van der Waals surface area (Å²) in [7, 11) is 2.85. The molecular formula is C13H19N3O5S3. The van der Waals surface area contributed by atoms with Crippen molar-refractivity contribution < 1.29 is 24.2 Å². The summed E-state index contributed by atoms with van der Waals surface area (Å²) < 4.78 is 14.0. The number of carbonyl (C=O) groups excluding carboxylic acids is 2. The molecule has 8 nitrogen and oxygen atoms in total. The van der Waals surface area contributed by atoms with Crippen LogP contribution in [0.2, 0.25) is 0 Å². The van der Waals surface area contributed by atoms with E-state index in [1.165, 1.54) is 14.2 Å². The zero-order chi connectivity index (χ0) is 17.5. The number of aromatic nitrogens is 1. The first-order valence-corrected chi connectivity index (χ1v) is 9.98. The number of nitrogens with one attached hydrogen (secondary N) is 2. The lowest BCUT2D eigenvalue weighted by Gasteiger charge is -2.14. The number of carbonyl (C=O) groups is 2. The highest BCUT2D eigenvalue weighted by atomic mass is 32.2. The highest BCUT2D eigenvalue weighted by Gasteiger charge is 2.25. The predicted molar refractivity (Wildman–Crippen MR) is 95.3 cm³/mol. The number of ether oxygens (including phenoxy) is 2. The summed E-state index contributed by atoms with van der Waals surface area (Å²) in [6.45, 7) is 0.0686. The molecule has 11 heteroatoms. The Labute approximate surface area is 152 Å². The Kier molecular flexibility index (Phi) is 7.46. The molecule has 2 heterocycles. The minimum Gasteiger partial charge on any atom is -0.485 e. The molecule has 0 aliphatic carbocycles. The quantitative estimate of drug-likeness (QED) is 0.574. The molecule has 1 atom stereocenters. The third-order valence-corrected chi connectivity index (χ3v) is 6.86. The van der Waals surface area contributed by atoms with E-state index in [4.69, 9.17) is 9.47 Å². The number of hydrogen-bond donors (Lipinski definition) is 3. The number of rotatable bonds is 8. The Morgan fingerprint density at radius 3 is 2.54 bits per heavy atom. The van der Waals surface area contributed by atoms with E-state index in [2.05, 4.69) is 15.0 Å². The molecule has 1 saturated heterocycles. The number of hydrogen-bond acceptors (Lipinski definition) is 9. The predicted octanol–water partition coefficient (Wildman–Crippen LogP) is 0.173. The van der Waals surface area contributed by atoms with E-state index in [9.17, 15) is 14.7 Å². The van der Waals surface area contributed by atoms with Crippen molar-refractivity contribution in [2.24, 2.45) is 0 Å². The van der Waals surface area contributed by atoms with Gasteiger partial charge in [-0.1, -0.05) is 0 Å². The number of thioether (sulfide) groups is 2. The van der Waals surface area contributed by atoms with E-state index >= 15 is 0 Å². The van der Waals surface area contributed by atoms with E-state index < -0.39 is 12.0 Å². The standard InChI is InChI=1S/C13H19N3O5S3/c1-20-11-8(12(21-2)24-16-11)9(18)14-5-7(17)6-15-10(19)13-22-3-4-23-13/h7,13,17H,3-6H2,1-2H3,(H,14,18)(H,15,19). The zero-order valence-corrected chi connectivity index (χ0v) is 15.7. The second-order valence-corrected chi connectivity index (χ2v) is 8.20. The first kappa shape index (κ1) is 19.2. The molecule has 24 heavy (non-hydrogen) atoms. The van der Waals surface area contributed by atoms with Gasteiger partial charge in [-0.05, 0) is 0 Å². The first-order chi connectivity index (χ1) is 11.6. The summed E-state index contributed by atoms with van der Waals surface area (Å²) >= 11 is 4.20. The topological polar surface area (TPSA) is 110 Å². The summed E-state index contributed by atoms with van der Waals surface area (Å²) in [5.74, 6) is 1.54. The average Bonchev–Trinajstić information content (AvgIpc) is 3.26. The largest absolute Gasteiger partial charge is 0.485 e. The van der Waals surface area contributed by atoms with Gasteiger partial charge in [-0.3, -0.25) is 9.59 Å². The summed E-state index contributed by atoms with van der Waals surface area (Å²) in [6, 6.07) is 0. The molecule has 1 unspecified atom stereocenters. The van der Waals surface area contributed by atoms with Crippen LogP contribution in [0.25, 0.3) is 0 Å². The van der Waals surface area contributed by atoms with Crippen molar-refractivity contribution in [2.75, 3.05) is 38.8 Å². The van der Waals surface area contributed by atoms with Crippen molar-refractivity contribution in [3.05, 3.63) is 5.56 Å². The second kappa shape index (κ2) is 9.35. The van der Waals surface area contributed by atoms with Crippen molar-refractivity contribution in [1.29, 1.82) is 0 Å². The minimum atomic E-state index is -0.891. The van der Waals surface area contributed by atoms with Crippen molar-refractivity contribution in [2.45, 2.75) is 10.7 Å². The van der Waals surface area contributed by atoms with Crippen molar-refractivity contribution in [1.82, 2.24) is 15.0 Å². The van der Waals surface area contributed by atoms with Crippen LogP contribution >= 0.6 is 35.1 Å². The lowest BCUT2D eigenvalue weighted by atomic mass is 10.3. The van der Waals surface area contributed by atoms with E-state index in [-0.39, 0.29) is 35.0 Å². The molecule has 1 aromatic heterocycles. The molecule has 1 aliphatic heterocycles. The number of aliphatic hydroxyl groups is 1. The van der Waals surface area contributed by atoms with Gasteiger partial charge in [0.15, 0.2) is 5.56 Å². The Bertz CT molecular complexity index is 556. The number of amides is 2.